The molecule has 3 aromatic heterocycles. The van der Waals surface area contributed by atoms with Gasteiger partial charge >= 0.3 is 0 Å². The minimum atomic E-state index is -3.84. The summed E-state index contributed by atoms with van der Waals surface area (Å²) in [6, 6.07) is 5.95. The van der Waals surface area contributed by atoms with Gasteiger partial charge in [-0.2, -0.15) is 9.40 Å². The van der Waals surface area contributed by atoms with Gasteiger partial charge in [-0.25, -0.2) is 12.8 Å². The molecule has 0 spiro atoms. The van der Waals surface area contributed by atoms with E-state index in [1.807, 2.05) is 0 Å². The molecule has 1 aliphatic heterocycles. The van der Waals surface area contributed by atoms with E-state index in [9.17, 15) is 17.6 Å². The fourth-order valence-electron chi connectivity index (χ4n) is 4.15. The van der Waals surface area contributed by atoms with Crippen molar-refractivity contribution in [3.8, 4) is 0 Å². The van der Waals surface area contributed by atoms with E-state index in [4.69, 9.17) is 0 Å². The van der Waals surface area contributed by atoms with Crippen LogP contribution in [-0.4, -0.2) is 49.5 Å². The minimum Gasteiger partial charge on any atom is -0.346 e. The zero-order valence-corrected chi connectivity index (χ0v) is 19.4. The van der Waals surface area contributed by atoms with Gasteiger partial charge in [-0.3, -0.25) is 19.4 Å². The van der Waals surface area contributed by atoms with E-state index in [1.165, 1.54) is 39.5 Å². The molecule has 1 amide bonds. The molecule has 0 radical (unpaired) electrons. The molecule has 1 N–H and O–H groups in total. The first-order valence-corrected chi connectivity index (χ1v) is 12.0. The van der Waals surface area contributed by atoms with Crippen molar-refractivity contribution in [3.05, 3.63) is 71.3 Å². The second-order valence-electron chi connectivity index (χ2n) is 8.06. The topological polar surface area (TPSA) is 115 Å². The maximum absolute atomic E-state index is 14.4. The molecule has 4 heterocycles. The average Bonchev–Trinajstić information content (AvgIpc) is 3.42. The summed E-state index contributed by atoms with van der Waals surface area (Å²) >= 11 is 0. The van der Waals surface area contributed by atoms with Crippen molar-refractivity contribution in [2.75, 3.05) is 6.54 Å². The van der Waals surface area contributed by atoms with E-state index >= 15 is 0 Å². The highest BCUT2D eigenvalue weighted by atomic mass is 32.2. The fourth-order valence-corrected chi connectivity index (χ4v) is 5.83. The average molecular weight is 484 g/mol. The molecule has 12 heteroatoms. The first-order chi connectivity index (χ1) is 16.3. The Kier molecular flexibility index (Phi) is 5.41. The molecule has 0 unspecified atom stereocenters. The van der Waals surface area contributed by atoms with Gasteiger partial charge in [0.1, 0.15) is 16.4 Å². The lowest BCUT2D eigenvalue weighted by atomic mass is 10.1. The van der Waals surface area contributed by atoms with Gasteiger partial charge in [0.2, 0.25) is 10.0 Å². The predicted molar refractivity (Wildman–Crippen MR) is 121 cm³/mol. The van der Waals surface area contributed by atoms with Gasteiger partial charge in [-0.15, -0.1) is 0 Å². The van der Waals surface area contributed by atoms with Crippen LogP contribution in [0.2, 0.25) is 0 Å². The molecule has 0 bridgehead atoms. The van der Waals surface area contributed by atoms with Crippen molar-refractivity contribution in [1.29, 1.82) is 0 Å². The molecule has 0 atom stereocenters. The van der Waals surface area contributed by atoms with Crippen LogP contribution in [0.3, 0.4) is 0 Å². The van der Waals surface area contributed by atoms with Gasteiger partial charge in [0.05, 0.1) is 29.8 Å². The summed E-state index contributed by atoms with van der Waals surface area (Å²) in [5.41, 5.74) is 2.48. The Balaban J connectivity index is 1.40. The number of hydrogen-bond donors (Lipinski definition) is 1. The third kappa shape index (κ3) is 3.64. The molecule has 34 heavy (non-hydrogen) atoms. The van der Waals surface area contributed by atoms with E-state index in [-0.39, 0.29) is 35.8 Å². The maximum Gasteiger partial charge on any atom is 0.268 e. The first kappa shape index (κ1) is 22.2. The van der Waals surface area contributed by atoms with Crippen molar-refractivity contribution in [2.45, 2.75) is 31.5 Å². The standard InChI is InChI=1S/C22H22FN7O3S/c1-14-20(34(32,33)29-9-10-30-15(13-29)5-6-27-30)11-19(28(14)2)22(31)26-12-16-17(23)3-4-18-21(16)25-8-7-24-18/h3-8,11H,9-10,12-13H2,1-2H3,(H,26,31). The zero-order chi connectivity index (χ0) is 24.0. The summed E-state index contributed by atoms with van der Waals surface area (Å²) in [7, 11) is -2.21. The number of halogens is 1. The fraction of sp³-hybridized carbons (Fsp3) is 0.273. The Morgan fingerprint density at radius 3 is 2.76 bits per heavy atom. The quantitative estimate of drug-likeness (QED) is 0.463. The van der Waals surface area contributed by atoms with E-state index in [0.29, 0.717) is 23.3 Å². The molecule has 0 saturated carbocycles. The number of hydrogen-bond acceptors (Lipinski definition) is 6. The van der Waals surface area contributed by atoms with Crippen LogP contribution < -0.4 is 5.32 Å². The molecule has 0 saturated heterocycles. The number of carbonyl (C=O) groups excluding carboxylic acids is 1. The number of nitrogens with one attached hydrogen (secondary N) is 1. The highest BCUT2D eigenvalue weighted by molar-refractivity contribution is 7.89. The highest BCUT2D eigenvalue weighted by Gasteiger charge is 2.32. The monoisotopic (exact) mass is 483 g/mol. The van der Waals surface area contributed by atoms with E-state index in [0.717, 1.165) is 5.69 Å². The highest BCUT2D eigenvalue weighted by Crippen LogP contribution is 2.26. The van der Waals surface area contributed by atoms with Crippen molar-refractivity contribution in [2.24, 2.45) is 7.05 Å². The molecule has 1 aliphatic rings. The normalized spacial score (nSPS) is 14.3. The van der Waals surface area contributed by atoms with Crippen molar-refractivity contribution >= 4 is 27.0 Å². The second kappa shape index (κ2) is 8.29. The van der Waals surface area contributed by atoms with Crippen LogP contribution in [0.1, 0.15) is 27.4 Å². The van der Waals surface area contributed by atoms with Crippen LogP contribution >= 0.6 is 0 Å². The summed E-state index contributed by atoms with van der Waals surface area (Å²) in [5.74, 6) is -1.03. The van der Waals surface area contributed by atoms with Crippen molar-refractivity contribution in [1.82, 2.24) is 33.9 Å². The number of nitrogens with zero attached hydrogens (tertiary/aromatic N) is 6. The summed E-state index contributed by atoms with van der Waals surface area (Å²) in [6.45, 7) is 2.48. The second-order valence-corrected chi connectivity index (χ2v) is 9.96. The lowest BCUT2D eigenvalue weighted by molar-refractivity contribution is 0.0942. The third-order valence-corrected chi connectivity index (χ3v) is 8.12. The Morgan fingerprint density at radius 1 is 1.15 bits per heavy atom. The number of rotatable bonds is 5. The lowest BCUT2D eigenvalue weighted by Gasteiger charge is -2.26. The van der Waals surface area contributed by atoms with Gasteiger partial charge in [-0.05, 0) is 31.2 Å². The number of aromatic nitrogens is 5. The zero-order valence-electron chi connectivity index (χ0n) is 18.6. The molecule has 176 valence electrons. The van der Waals surface area contributed by atoms with Gasteiger partial charge in [0, 0.05) is 50.0 Å². The van der Waals surface area contributed by atoms with E-state index in [1.54, 1.807) is 30.9 Å². The largest absolute Gasteiger partial charge is 0.346 e. The number of fused-ring (bicyclic) bond motifs is 2. The van der Waals surface area contributed by atoms with Gasteiger partial charge in [0.25, 0.3) is 5.91 Å². The number of carbonyl (C=O) groups is 1. The molecule has 0 fully saturated rings. The molecule has 10 nitrogen and oxygen atoms in total. The Hall–Kier alpha value is -3.64. The van der Waals surface area contributed by atoms with Gasteiger partial charge in [0.15, 0.2) is 0 Å². The van der Waals surface area contributed by atoms with Gasteiger partial charge < -0.3 is 9.88 Å². The number of sulfonamides is 1. The molecule has 4 aromatic rings. The number of amides is 1. The molecular formula is C22H22FN7O3S. The SMILES string of the molecule is Cc1c(S(=O)(=O)N2CCn3nccc3C2)cc(C(=O)NCc2c(F)ccc3nccnc23)n1C. The van der Waals surface area contributed by atoms with Crippen LogP contribution in [0.15, 0.2) is 47.8 Å². The smallest absolute Gasteiger partial charge is 0.268 e. The molecule has 0 aliphatic carbocycles. The van der Waals surface area contributed by atoms with E-state index in [2.05, 4.69) is 20.4 Å². The summed E-state index contributed by atoms with van der Waals surface area (Å²) in [5, 5.41) is 6.86. The molecule has 1 aromatic carbocycles. The third-order valence-electron chi connectivity index (χ3n) is 6.16. The Morgan fingerprint density at radius 2 is 1.94 bits per heavy atom. The minimum absolute atomic E-state index is 0.0651. The molecular weight excluding hydrogens is 461 g/mol. The van der Waals surface area contributed by atoms with E-state index < -0.39 is 21.7 Å². The molecule has 5 rings (SSSR count). The van der Waals surface area contributed by atoms with Crippen LogP contribution in [0, 0.1) is 12.7 Å². The van der Waals surface area contributed by atoms with Gasteiger partial charge in [-0.1, -0.05) is 0 Å². The Labute approximate surface area is 195 Å². The summed E-state index contributed by atoms with van der Waals surface area (Å²) in [4.78, 5) is 21.4. The summed E-state index contributed by atoms with van der Waals surface area (Å²) < 4.78 is 45.9. The maximum atomic E-state index is 14.4. The van der Waals surface area contributed by atoms with Crippen LogP contribution in [0.5, 0.6) is 0 Å². The van der Waals surface area contributed by atoms with Crippen molar-refractivity contribution in [3.63, 3.8) is 0 Å². The van der Waals surface area contributed by atoms with Crippen LogP contribution in [0.4, 0.5) is 4.39 Å². The lowest BCUT2D eigenvalue weighted by Crippen LogP contribution is -2.38. The van der Waals surface area contributed by atoms with Crippen LogP contribution in [0.25, 0.3) is 11.0 Å². The Bertz CT molecular complexity index is 1530. The first-order valence-electron chi connectivity index (χ1n) is 10.6. The van der Waals surface area contributed by atoms with Crippen molar-refractivity contribution < 1.29 is 17.6 Å². The predicted octanol–water partition coefficient (Wildman–Crippen LogP) is 1.75. The number of benzene rings is 1. The summed E-state index contributed by atoms with van der Waals surface area (Å²) in [6.07, 6.45) is 4.61. The van der Waals surface area contributed by atoms with Crippen LogP contribution in [-0.2, 0) is 36.7 Å².